The van der Waals surface area contributed by atoms with E-state index < -0.39 is 0 Å². The van der Waals surface area contributed by atoms with E-state index in [0.29, 0.717) is 5.92 Å². The number of hydrogen-bond acceptors (Lipinski definition) is 1. The SMILES string of the molecule is C[C](C)C(C)CC(C)O. The Bertz CT molecular complexity index is 67.0. The van der Waals surface area contributed by atoms with Crippen LogP contribution in [-0.2, 0) is 0 Å². The van der Waals surface area contributed by atoms with Crippen molar-refractivity contribution < 1.29 is 5.11 Å². The lowest BCUT2D eigenvalue weighted by Crippen LogP contribution is -2.10. The van der Waals surface area contributed by atoms with Crippen LogP contribution < -0.4 is 0 Å². The smallest absolute Gasteiger partial charge is 0.0514 e. The first kappa shape index (κ1) is 8.96. The summed E-state index contributed by atoms with van der Waals surface area (Å²) in [7, 11) is 0. The Morgan fingerprint density at radius 1 is 1.33 bits per heavy atom. The molecule has 9 heavy (non-hydrogen) atoms. The third-order valence-corrected chi connectivity index (χ3v) is 1.68. The van der Waals surface area contributed by atoms with Gasteiger partial charge in [0.15, 0.2) is 0 Å². The third-order valence-electron chi connectivity index (χ3n) is 1.68. The number of aliphatic hydroxyl groups excluding tert-OH is 1. The van der Waals surface area contributed by atoms with Gasteiger partial charge in [0.25, 0.3) is 0 Å². The fourth-order valence-electron chi connectivity index (χ4n) is 0.747. The highest BCUT2D eigenvalue weighted by Crippen LogP contribution is 2.17. The van der Waals surface area contributed by atoms with E-state index in [9.17, 15) is 0 Å². The Kier molecular flexibility index (Phi) is 3.87. The van der Waals surface area contributed by atoms with Gasteiger partial charge in [-0.05, 0) is 25.2 Å². The van der Waals surface area contributed by atoms with Crippen LogP contribution in [0.3, 0.4) is 0 Å². The average molecular weight is 129 g/mol. The van der Waals surface area contributed by atoms with Crippen molar-refractivity contribution in [3.05, 3.63) is 5.92 Å². The van der Waals surface area contributed by atoms with E-state index in [4.69, 9.17) is 5.11 Å². The largest absolute Gasteiger partial charge is 0.393 e. The molecule has 0 rings (SSSR count). The monoisotopic (exact) mass is 129 g/mol. The molecule has 55 valence electrons. The van der Waals surface area contributed by atoms with Gasteiger partial charge in [-0.3, -0.25) is 0 Å². The van der Waals surface area contributed by atoms with Crippen molar-refractivity contribution in [3.8, 4) is 0 Å². The van der Waals surface area contributed by atoms with Gasteiger partial charge in [-0.25, -0.2) is 0 Å². The summed E-state index contributed by atoms with van der Waals surface area (Å²) < 4.78 is 0. The molecule has 0 aliphatic heterocycles. The summed E-state index contributed by atoms with van der Waals surface area (Å²) in [4.78, 5) is 0. The average Bonchev–Trinajstić information content (AvgIpc) is 1.63. The fraction of sp³-hybridized carbons (Fsp3) is 0.875. The summed E-state index contributed by atoms with van der Waals surface area (Å²) in [5.41, 5.74) is 0. The lowest BCUT2D eigenvalue weighted by Gasteiger charge is -2.15. The Morgan fingerprint density at radius 2 is 1.78 bits per heavy atom. The Balaban J connectivity index is 3.38. The zero-order valence-electron chi connectivity index (χ0n) is 6.81. The molecule has 1 radical (unpaired) electrons. The minimum absolute atomic E-state index is 0.158. The van der Waals surface area contributed by atoms with Crippen LogP contribution in [0, 0.1) is 11.8 Å². The maximum absolute atomic E-state index is 8.96. The third kappa shape index (κ3) is 4.46. The molecule has 0 aromatic heterocycles. The van der Waals surface area contributed by atoms with Crippen LogP contribution in [0.25, 0.3) is 0 Å². The summed E-state index contributed by atoms with van der Waals surface area (Å²) >= 11 is 0. The van der Waals surface area contributed by atoms with E-state index in [0.717, 1.165) is 6.42 Å². The molecule has 0 spiro atoms. The van der Waals surface area contributed by atoms with Crippen LogP contribution in [0.15, 0.2) is 0 Å². The topological polar surface area (TPSA) is 20.2 Å². The highest BCUT2D eigenvalue weighted by Gasteiger charge is 2.09. The van der Waals surface area contributed by atoms with E-state index in [1.165, 1.54) is 5.92 Å². The molecule has 0 bridgehead atoms. The molecule has 0 saturated carbocycles. The molecule has 0 fully saturated rings. The summed E-state index contributed by atoms with van der Waals surface area (Å²) in [6.45, 7) is 8.18. The van der Waals surface area contributed by atoms with Gasteiger partial charge in [-0.15, -0.1) is 0 Å². The molecule has 2 atom stereocenters. The Hall–Kier alpha value is -0.0400. The fourth-order valence-corrected chi connectivity index (χ4v) is 0.747. The molecule has 0 aliphatic rings. The van der Waals surface area contributed by atoms with Crippen LogP contribution >= 0.6 is 0 Å². The number of hydrogen-bond donors (Lipinski definition) is 1. The normalized spacial score (nSPS) is 18.0. The molecule has 0 amide bonds. The van der Waals surface area contributed by atoms with Crippen LogP contribution in [0.1, 0.15) is 34.1 Å². The maximum Gasteiger partial charge on any atom is 0.0514 e. The van der Waals surface area contributed by atoms with Crippen molar-refractivity contribution in [1.82, 2.24) is 0 Å². The van der Waals surface area contributed by atoms with Crippen LogP contribution in [0.2, 0.25) is 0 Å². The highest BCUT2D eigenvalue weighted by molar-refractivity contribution is 4.84. The number of rotatable bonds is 3. The van der Waals surface area contributed by atoms with Gasteiger partial charge in [0.05, 0.1) is 6.10 Å². The maximum atomic E-state index is 8.96. The Morgan fingerprint density at radius 3 is 1.89 bits per heavy atom. The standard InChI is InChI=1S/C8H17O/c1-6(2)7(3)5-8(4)9/h7-9H,5H2,1-4H3. The first-order valence-corrected chi connectivity index (χ1v) is 3.52. The lowest BCUT2D eigenvalue weighted by molar-refractivity contribution is 0.167. The molecule has 0 aromatic carbocycles. The minimum Gasteiger partial charge on any atom is -0.393 e. The second-order valence-corrected chi connectivity index (χ2v) is 3.06. The van der Waals surface area contributed by atoms with E-state index >= 15 is 0 Å². The Labute approximate surface area is 58.1 Å². The van der Waals surface area contributed by atoms with Crippen LogP contribution in [0.4, 0.5) is 0 Å². The molecule has 2 unspecified atom stereocenters. The first-order chi connectivity index (χ1) is 4.04. The molecule has 1 N–H and O–H groups in total. The van der Waals surface area contributed by atoms with Crippen LogP contribution in [-0.4, -0.2) is 11.2 Å². The van der Waals surface area contributed by atoms with Crippen molar-refractivity contribution in [2.24, 2.45) is 5.92 Å². The molecule has 0 aromatic rings. The predicted octanol–water partition coefficient (Wildman–Crippen LogP) is 2.01. The zero-order valence-corrected chi connectivity index (χ0v) is 6.81. The lowest BCUT2D eigenvalue weighted by atomic mass is 9.93. The van der Waals surface area contributed by atoms with Gasteiger partial charge in [0.2, 0.25) is 0 Å². The van der Waals surface area contributed by atoms with Crippen molar-refractivity contribution in [1.29, 1.82) is 0 Å². The second kappa shape index (κ2) is 3.89. The molecule has 1 heteroatoms. The van der Waals surface area contributed by atoms with Crippen LogP contribution in [0.5, 0.6) is 0 Å². The van der Waals surface area contributed by atoms with Crippen molar-refractivity contribution in [2.45, 2.75) is 40.2 Å². The van der Waals surface area contributed by atoms with E-state index in [1.54, 1.807) is 0 Å². The van der Waals surface area contributed by atoms with Crippen molar-refractivity contribution in [2.75, 3.05) is 0 Å². The van der Waals surface area contributed by atoms with Gasteiger partial charge < -0.3 is 5.11 Å². The van der Waals surface area contributed by atoms with Gasteiger partial charge >= 0.3 is 0 Å². The van der Waals surface area contributed by atoms with E-state index in [-0.39, 0.29) is 6.10 Å². The summed E-state index contributed by atoms with van der Waals surface area (Å²) in [5, 5.41) is 8.96. The highest BCUT2D eigenvalue weighted by atomic mass is 16.3. The van der Waals surface area contributed by atoms with Gasteiger partial charge in [-0.1, -0.05) is 20.8 Å². The van der Waals surface area contributed by atoms with Gasteiger partial charge in [0, 0.05) is 0 Å². The van der Waals surface area contributed by atoms with Crippen molar-refractivity contribution in [3.63, 3.8) is 0 Å². The van der Waals surface area contributed by atoms with Gasteiger partial charge in [-0.2, -0.15) is 0 Å². The van der Waals surface area contributed by atoms with E-state index in [1.807, 2.05) is 6.92 Å². The molecular weight excluding hydrogens is 112 g/mol. The predicted molar refractivity (Wildman–Crippen MR) is 40.1 cm³/mol. The molecule has 0 saturated heterocycles. The first-order valence-electron chi connectivity index (χ1n) is 3.52. The molecule has 1 nitrogen and oxygen atoms in total. The molecular formula is C8H17O. The summed E-state index contributed by atoms with van der Waals surface area (Å²) in [6, 6.07) is 0. The number of aliphatic hydroxyl groups is 1. The summed E-state index contributed by atoms with van der Waals surface area (Å²) in [6.07, 6.45) is 0.734. The molecule has 0 aliphatic carbocycles. The zero-order chi connectivity index (χ0) is 7.44. The van der Waals surface area contributed by atoms with Gasteiger partial charge in [0.1, 0.15) is 0 Å². The summed E-state index contributed by atoms with van der Waals surface area (Å²) in [5.74, 6) is 1.96. The second-order valence-electron chi connectivity index (χ2n) is 3.06. The minimum atomic E-state index is -0.158. The van der Waals surface area contributed by atoms with Crippen molar-refractivity contribution >= 4 is 0 Å². The van der Waals surface area contributed by atoms with E-state index in [2.05, 4.69) is 20.8 Å². The quantitative estimate of drug-likeness (QED) is 0.618. The molecule has 0 heterocycles.